The molecule has 1 aromatic heterocycles. The smallest absolute Gasteiger partial charge is 0.227 e. The lowest BCUT2D eigenvalue weighted by Gasteiger charge is -2.26. The Bertz CT molecular complexity index is 1030. The quantitative estimate of drug-likeness (QED) is 0.494. The highest BCUT2D eigenvalue weighted by molar-refractivity contribution is 5.47. The number of rotatable bonds is 10. The van der Waals surface area contributed by atoms with Crippen LogP contribution in [0.15, 0.2) is 54.6 Å². The van der Waals surface area contributed by atoms with Gasteiger partial charge in [0.05, 0.1) is 36.3 Å². The summed E-state index contributed by atoms with van der Waals surface area (Å²) < 4.78 is 19.7. The van der Waals surface area contributed by atoms with Gasteiger partial charge in [0.2, 0.25) is 5.88 Å². The number of aliphatic hydroxyl groups excluding tert-OH is 1. The number of aromatic nitrogens is 2. The van der Waals surface area contributed by atoms with Crippen LogP contribution in [-0.2, 0) is 11.3 Å². The second-order valence-corrected chi connectivity index (χ2v) is 8.55. The SMILES string of the molecule is COc1ccccc1Oc1c(CN(C[C@H]2CCCO2)C[C@H](C)O)c(C)nn1-c1ccccc1. The van der Waals surface area contributed by atoms with Crippen molar-refractivity contribution in [3.8, 4) is 23.1 Å². The Morgan fingerprint density at radius 3 is 2.55 bits per heavy atom. The minimum atomic E-state index is -0.450. The Balaban J connectivity index is 1.72. The van der Waals surface area contributed by atoms with E-state index >= 15 is 0 Å². The first-order valence-corrected chi connectivity index (χ1v) is 11.5. The van der Waals surface area contributed by atoms with E-state index in [0.29, 0.717) is 30.5 Å². The van der Waals surface area contributed by atoms with Crippen LogP contribution in [0.5, 0.6) is 17.4 Å². The van der Waals surface area contributed by atoms with Gasteiger partial charge in [0.25, 0.3) is 0 Å². The van der Waals surface area contributed by atoms with Crippen molar-refractivity contribution in [1.82, 2.24) is 14.7 Å². The van der Waals surface area contributed by atoms with Crippen molar-refractivity contribution in [3.63, 3.8) is 0 Å². The maximum atomic E-state index is 10.1. The van der Waals surface area contributed by atoms with Gasteiger partial charge in [0.1, 0.15) is 0 Å². The van der Waals surface area contributed by atoms with Crippen LogP contribution in [-0.4, -0.2) is 58.8 Å². The van der Waals surface area contributed by atoms with Crippen LogP contribution in [0.25, 0.3) is 5.69 Å². The van der Waals surface area contributed by atoms with Gasteiger partial charge in [-0.3, -0.25) is 4.90 Å². The Hall–Kier alpha value is -2.87. The molecule has 2 heterocycles. The normalized spacial score (nSPS) is 16.8. The number of methoxy groups -OCH3 is 1. The Morgan fingerprint density at radius 2 is 1.88 bits per heavy atom. The van der Waals surface area contributed by atoms with Crippen molar-refractivity contribution in [2.75, 3.05) is 26.8 Å². The molecule has 0 aliphatic carbocycles. The van der Waals surface area contributed by atoms with E-state index in [1.54, 1.807) is 7.11 Å². The Kier molecular flexibility index (Phi) is 7.65. The van der Waals surface area contributed by atoms with Crippen LogP contribution in [0, 0.1) is 6.92 Å². The fraction of sp³-hybridized carbons (Fsp3) is 0.423. The molecule has 176 valence electrons. The predicted octanol–water partition coefficient (Wildman–Crippen LogP) is 4.34. The lowest BCUT2D eigenvalue weighted by atomic mass is 10.1. The summed E-state index contributed by atoms with van der Waals surface area (Å²) in [4.78, 5) is 2.23. The molecule has 1 aliphatic rings. The van der Waals surface area contributed by atoms with Gasteiger partial charge in [0.15, 0.2) is 11.5 Å². The number of para-hydroxylation sites is 3. The van der Waals surface area contributed by atoms with E-state index in [1.807, 2.05) is 73.1 Å². The van der Waals surface area contributed by atoms with Crippen molar-refractivity contribution in [1.29, 1.82) is 0 Å². The van der Waals surface area contributed by atoms with Crippen molar-refractivity contribution in [3.05, 3.63) is 65.9 Å². The van der Waals surface area contributed by atoms with E-state index in [0.717, 1.165) is 42.9 Å². The van der Waals surface area contributed by atoms with Crippen molar-refractivity contribution in [2.45, 2.75) is 45.4 Å². The summed E-state index contributed by atoms with van der Waals surface area (Å²) >= 11 is 0. The Labute approximate surface area is 195 Å². The fourth-order valence-electron chi connectivity index (χ4n) is 4.25. The molecule has 1 fully saturated rings. The third-order valence-electron chi connectivity index (χ3n) is 5.80. The molecule has 2 aromatic carbocycles. The minimum absolute atomic E-state index is 0.187. The molecule has 0 amide bonds. The Morgan fingerprint density at radius 1 is 1.15 bits per heavy atom. The maximum Gasteiger partial charge on any atom is 0.227 e. The molecule has 7 nitrogen and oxygen atoms in total. The molecule has 0 unspecified atom stereocenters. The topological polar surface area (TPSA) is 69.0 Å². The molecular weight excluding hydrogens is 418 g/mol. The van der Waals surface area contributed by atoms with Crippen LogP contribution in [0.1, 0.15) is 31.0 Å². The summed E-state index contributed by atoms with van der Waals surface area (Å²) in [7, 11) is 1.63. The number of nitrogens with zero attached hydrogens (tertiary/aromatic N) is 3. The second kappa shape index (κ2) is 10.8. The molecule has 1 aliphatic heterocycles. The highest BCUT2D eigenvalue weighted by atomic mass is 16.5. The fourth-order valence-corrected chi connectivity index (χ4v) is 4.25. The summed E-state index contributed by atoms with van der Waals surface area (Å²) in [6.45, 7) is 6.51. The molecule has 0 spiro atoms. The lowest BCUT2D eigenvalue weighted by Crippen LogP contribution is -2.36. The highest BCUT2D eigenvalue weighted by Gasteiger charge is 2.25. The first-order valence-electron chi connectivity index (χ1n) is 11.5. The second-order valence-electron chi connectivity index (χ2n) is 8.55. The molecule has 0 bridgehead atoms. The van der Waals surface area contributed by atoms with E-state index in [4.69, 9.17) is 19.3 Å². The first kappa shape index (κ1) is 23.3. The number of hydrogen-bond acceptors (Lipinski definition) is 6. The van der Waals surface area contributed by atoms with E-state index in [2.05, 4.69) is 4.90 Å². The third-order valence-corrected chi connectivity index (χ3v) is 5.80. The van der Waals surface area contributed by atoms with E-state index in [9.17, 15) is 5.11 Å². The van der Waals surface area contributed by atoms with E-state index in [-0.39, 0.29) is 6.10 Å². The highest BCUT2D eigenvalue weighted by Crippen LogP contribution is 2.36. The molecule has 1 N–H and O–H groups in total. The molecule has 33 heavy (non-hydrogen) atoms. The number of benzene rings is 2. The zero-order valence-corrected chi connectivity index (χ0v) is 19.6. The van der Waals surface area contributed by atoms with Crippen molar-refractivity contribution >= 4 is 0 Å². The van der Waals surface area contributed by atoms with Gasteiger partial charge in [-0.1, -0.05) is 30.3 Å². The molecule has 2 atom stereocenters. The van der Waals surface area contributed by atoms with Gasteiger partial charge >= 0.3 is 0 Å². The number of aliphatic hydroxyl groups is 1. The number of hydrogen-bond donors (Lipinski definition) is 1. The molecular formula is C26H33N3O4. The van der Waals surface area contributed by atoms with Crippen molar-refractivity contribution < 1.29 is 19.3 Å². The molecule has 4 rings (SSSR count). The van der Waals surface area contributed by atoms with Crippen LogP contribution in [0.2, 0.25) is 0 Å². The van der Waals surface area contributed by atoms with Gasteiger partial charge < -0.3 is 19.3 Å². The van der Waals surface area contributed by atoms with Gasteiger partial charge in [0, 0.05) is 26.2 Å². The summed E-state index contributed by atoms with van der Waals surface area (Å²) in [6.07, 6.45) is 1.87. The number of ether oxygens (including phenoxy) is 3. The molecule has 3 aromatic rings. The van der Waals surface area contributed by atoms with Crippen LogP contribution in [0.3, 0.4) is 0 Å². The zero-order valence-electron chi connectivity index (χ0n) is 19.6. The lowest BCUT2D eigenvalue weighted by molar-refractivity contribution is 0.0500. The average molecular weight is 452 g/mol. The standard InChI is InChI=1S/C26H33N3O4/c1-19(30)16-28(17-22-12-9-15-32-22)18-23-20(2)27-29(21-10-5-4-6-11-21)26(23)33-25-14-8-7-13-24(25)31-3/h4-8,10-11,13-14,19,22,30H,9,12,15-18H2,1-3H3/t19-,22+/m0/s1. The summed E-state index contributed by atoms with van der Waals surface area (Å²) in [6, 6.07) is 17.6. The minimum Gasteiger partial charge on any atom is -0.493 e. The van der Waals surface area contributed by atoms with Gasteiger partial charge in [-0.2, -0.15) is 5.10 Å². The van der Waals surface area contributed by atoms with Crippen LogP contribution >= 0.6 is 0 Å². The third kappa shape index (κ3) is 5.74. The average Bonchev–Trinajstić information content (AvgIpc) is 3.43. The van der Waals surface area contributed by atoms with Crippen LogP contribution < -0.4 is 9.47 Å². The number of aryl methyl sites for hydroxylation is 1. The zero-order chi connectivity index (χ0) is 23.2. The maximum absolute atomic E-state index is 10.1. The van der Waals surface area contributed by atoms with E-state index in [1.165, 1.54) is 0 Å². The monoisotopic (exact) mass is 451 g/mol. The van der Waals surface area contributed by atoms with E-state index < -0.39 is 6.10 Å². The van der Waals surface area contributed by atoms with Gasteiger partial charge in [-0.15, -0.1) is 0 Å². The first-order chi connectivity index (χ1) is 16.0. The van der Waals surface area contributed by atoms with Crippen LogP contribution in [0.4, 0.5) is 0 Å². The van der Waals surface area contributed by atoms with Crippen molar-refractivity contribution in [2.24, 2.45) is 0 Å². The van der Waals surface area contributed by atoms with Gasteiger partial charge in [-0.05, 0) is 51.0 Å². The summed E-state index contributed by atoms with van der Waals surface area (Å²) in [5, 5.41) is 15.0. The molecule has 0 radical (unpaired) electrons. The molecule has 0 saturated carbocycles. The molecule has 1 saturated heterocycles. The predicted molar refractivity (Wildman–Crippen MR) is 127 cm³/mol. The van der Waals surface area contributed by atoms with Gasteiger partial charge in [-0.25, -0.2) is 4.68 Å². The molecule has 7 heteroatoms. The summed E-state index contributed by atoms with van der Waals surface area (Å²) in [5.74, 6) is 1.92. The summed E-state index contributed by atoms with van der Waals surface area (Å²) in [5.41, 5.74) is 2.77. The largest absolute Gasteiger partial charge is 0.493 e.